The molecule has 1 aromatic rings. The van der Waals surface area contributed by atoms with Crippen LogP contribution in [0.25, 0.3) is 0 Å². The molecule has 1 heterocycles. The van der Waals surface area contributed by atoms with Crippen LogP contribution in [0.4, 0.5) is 0 Å². The van der Waals surface area contributed by atoms with E-state index in [0.717, 1.165) is 5.56 Å². The highest BCUT2D eigenvalue weighted by atomic mass is 32.2. The van der Waals surface area contributed by atoms with Crippen LogP contribution in [0.2, 0.25) is 0 Å². The van der Waals surface area contributed by atoms with Gasteiger partial charge in [0.05, 0.1) is 0 Å². The largest absolute Gasteiger partial charge is 0.372 e. The van der Waals surface area contributed by atoms with Gasteiger partial charge in [-0.05, 0) is 19.4 Å². The number of hydrogen-bond donors (Lipinski definition) is 1. The van der Waals surface area contributed by atoms with Crippen molar-refractivity contribution < 1.29 is 4.74 Å². The van der Waals surface area contributed by atoms with E-state index in [-0.39, 0.29) is 11.4 Å². The quantitative estimate of drug-likeness (QED) is 0.767. The summed E-state index contributed by atoms with van der Waals surface area (Å²) in [5.41, 5.74) is 1.04. The van der Waals surface area contributed by atoms with E-state index in [1.54, 1.807) is 19.5 Å². The van der Waals surface area contributed by atoms with Gasteiger partial charge in [0.2, 0.25) is 0 Å². The standard InChI is InChI=1S/C9H15N3OS/c1-6-4-11-9(12-5-6)8(13-3)7(2)14-10/h4-5,7-8H,10H2,1-3H3. The van der Waals surface area contributed by atoms with Crippen molar-refractivity contribution in [1.29, 1.82) is 0 Å². The summed E-state index contributed by atoms with van der Waals surface area (Å²) in [7, 11) is 1.64. The lowest BCUT2D eigenvalue weighted by Gasteiger charge is -2.18. The summed E-state index contributed by atoms with van der Waals surface area (Å²) in [5, 5.41) is 5.64. The van der Waals surface area contributed by atoms with E-state index in [4.69, 9.17) is 9.88 Å². The SMILES string of the molecule is COC(c1ncc(C)cn1)C(C)SN. The molecule has 2 N–H and O–H groups in total. The number of rotatable bonds is 4. The predicted molar refractivity (Wildman–Crippen MR) is 57.8 cm³/mol. The van der Waals surface area contributed by atoms with Crippen LogP contribution in [-0.2, 0) is 4.74 Å². The van der Waals surface area contributed by atoms with Crippen molar-refractivity contribution in [1.82, 2.24) is 9.97 Å². The minimum atomic E-state index is -0.148. The third kappa shape index (κ3) is 2.67. The van der Waals surface area contributed by atoms with Crippen LogP contribution in [-0.4, -0.2) is 22.3 Å². The summed E-state index contributed by atoms with van der Waals surface area (Å²) in [6.07, 6.45) is 3.41. The number of nitrogens with two attached hydrogens (primary N) is 1. The van der Waals surface area contributed by atoms with Gasteiger partial charge in [0.1, 0.15) is 6.10 Å². The highest BCUT2D eigenvalue weighted by Crippen LogP contribution is 2.23. The predicted octanol–water partition coefficient (Wildman–Crippen LogP) is 1.47. The van der Waals surface area contributed by atoms with Crippen LogP contribution in [0.3, 0.4) is 0 Å². The van der Waals surface area contributed by atoms with E-state index < -0.39 is 0 Å². The summed E-state index contributed by atoms with van der Waals surface area (Å²) in [4.78, 5) is 8.43. The van der Waals surface area contributed by atoms with Crippen LogP contribution >= 0.6 is 11.9 Å². The molecule has 5 heteroatoms. The fourth-order valence-corrected chi connectivity index (χ4v) is 1.50. The van der Waals surface area contributed by atoms with Gasteiger partial charge in [-0.2, -0.15) is 0 Å². The molecule has 0 saturated heterocycles. The fraction of sp³-hybridized carbons (Fsp3) is 0.556. The lowest BCUT2D eigenvalue weighted by molar-refractivity contribution is 0.0971. The van der Waals surface area contributed by atoms with Crippen LogP contribution < -0.4 is 5.14 Å². The van der Waals surface area contributed by atoms with Crippen LogP contribution in [0.5, 0.6) is 0 Å². The van der Waals surface area contributed by atoms with Gasteiger partial charge in [-0.25, -0.2) is 9.97 Å². The second-order valence-electron chi connectivity index (χ2n) is 3.12. The number of methoxy groups -OCH3 is 1. The molecule has 1 aromatic heterocycles. The first-order valence-electron chi connectivity index (χ1n) is 4.36. The number of aryl methyl sites for hydroxylation is 1. The Bertz CT molecular complexity index is 278. The third-order valence-electron chi connectivity index (χ3n) is 1.95. The topological polar surface area (TPSA) is 61.0 Å². The Balaban J connectivity index is 2.84. The molecule has 0 fully saturated rings. The van der Waals surface area contributed by atoms with Crippen molar-refractivity contribution in [2.24, 2.45) is 5.14 Å². The zero-order valence-electron chi connectivity index (χ0n) is 8.60. The molecule has 0 radical (unpaired) electrons. The maximum atomic E-state index is 5.50. The van der Waals surface area contributed by atoms with Gasteiger partial charge in [-0.3, -0.25) is 5.14 Å². The molecule has 0 amide bonds. The van der Waals surface area contributed by atoms with Crippen molar-refractivity contribution >= 4 is 11.9 Å². The number of ether oxygens (including phenoxy) is 1. The summed E-state index contributed by atoms with van der Waals surface area (Å²) in [6.45, 7) is 3.94. The lowest BCUT2D eigenvalue weighted by atomic mass is 10.2. The normalized spacial score (nSPS) is 15.1. The summed E-state index contributed by atoms with van der Waals surface area (Å²) >= 11 is 1.25. The molecule has 0 aliphatic carbocycles. The van der Waals surface area contributed by atoms with Gasteiger partial charge < -0.3 is 4.74 Å². The first-order chi connectivity index (χ1) is 6.69. The van der Waals surface area contributed by atoms with Gasteiger partial charge in [0, 0.05) is 24.8 Å². The Labute approximate surface area is 88.4 Å². The van der Waals surface area contributed by atoms with Crippen LogP contribution in [0.15, 0.2) is 12.4 Å². The van der Waals surface area contributed by atoms with Gasteiger partial charge in [0.25, 0.3) is 0 Å². The molecule has 0 saturated carbocycles. The Morgan fingerprint density at radius 3 is 2.43 bits per heavy atom. The van der Waals surface area contributed by atoms with Gasteiger partial charge in [-0.1, -0.05) is 11.9 Å². The fourth-order valence-electron chi connectivity index (χ4n) is 1.13. The Kier molecular flexibility index (Phi) is 4.31. The van der Waals surface area contributed by atoms with E-state index in [0.29, 0.717) is 5.82 Å². The lowest BCUT2D eigenvalue weighted by Crippen LogP contribution is -2.18. The molecule has 78 valence electrons. The maximum absolute atomic E-state index is 5.50. The smallest absolute Gasteiger partial charge is 0.158 e. The Hall–Kier alpha value is -0.650. The number of aromatic nitrogens is 2. The van der Waals surface area contributed by atoms with Crippen molar-refractivity contribution in [3.8, 4) is 0 Å². The highest BCUT2D eigenvalue weighted by Gasteiger charge is 2.20. The average Bonchev–Trinajstić information content (AvgIpc) is 2.21. The molecule has 0 spiro atoms. The number of hydrogen-bond acceptors (Lipinski definition) is 5. The second kappa shape index (κ2) is 5.29. The third-order valence-corrected chi connectivity index (χ3v) is 2.63. The average molecular weight is 213 g/mol. The molecule has 0 bridgehead atoms. The molecule has 2 unspecified atom stereocenters. The molecular formula is C9H15N3OS. The van der Waals surface area contributed by atoms with E-state index in [1.165, 1.54) is 11.9 Å². The first-order valence-corrected chi connectivity index (χ1v) is 5.30. The van der Waals surface area contributed by atoms with E-state index in [2.05, 4.69) is 9.97 Å². The Morgan fingerprint density at radius 1 is 1.43 bits per heavy atom. The van der Waals surface area contributed by atoms with E-state index in [9.17, 15) is 0 Å². The molecule has 4 nitrogen and oxygen atoms in total. The zero-order chi connectivity index (χ0) is 10.6. The van der Waals surface area contributed by atoms with Crippen LogP contribution in [0.1, 0.15) is 24.4 Å². The second-order valence-corrected chi connectivity index (χ2v) is 4.13. The molecule has 0 aliphatic heterocycles. The van der Waals surface area contributed by atoms with E-state index >= 15 is 0 Å². The van der Waals surface area contributed by atoms with E-state index in [1.807, 2.05) is 13.8 Å². The summed E-state index contributed by atoms with van der Waals surface area (Å²) < 4.78 is 5.30. The van der Waals surface area contributed by atoms with Gasteiger partial charge in [-0.15, -0.1) is 0 Å². The Morgan fingerprint density at radius 2 is 2.00 bits per heavy atom. The van der Waals surface area contributed by atoms with Gasteiger partial charge in [0.15, 0.2) is 5.82 Å². The molecular weight excluding hydrogens is 198 g/mol. The summed E-state index contributed by atoms with van der Waals surface area (Å²) in [5.74, 6) is 0.684. The monoisotopic (exact) mass is 213 g/mol. The van der Waals surface area contributed by atoms with Crippen molar-refractivity contribution in [2.45, 2.75) is 25.2 Å². The highest BCUT2D eigenvalue weighted by molar-refractivity contribution is 7.97. The molecule has 0 aliphatic rings. The summed E-state index contributed by atoms with van der Waals surface area (Å²) in [6, 6.07) is 0. The minimum Gasteiger partial charge on any atom is -0.372 e. The van der Waals surface area contributed by atoms with Crippen molar-refractivity contribution in [3.05, 3.63) is 23.8 Å². The minimum absolute atomic E-state index is 0.141. The molecule has 1 rings (SSSR count). The van der Waals surface area contributed by atoms with Crippen LogP contribution in [0, 0.1) is 6.92 Å². The van der Waals surface area contributed by atoms with Crippen molar-refractivity contribution in [3.63, 3.8) is 0 Å². The molecule has 0 aromatic carbocycles. The van der Waals surface area contributed by atoms with Crippen molar-refractivity contribution in [2.75, 3.05) is 7.11 Å². The maximum Gasteiger partial charge on any atom is 0.158 e. The molecule has 2 atom stereocenters. The molecule has 14 heavy (non-hydrogen) atoms. The van der Waals surface area contributed by atoms with Gasteiger partial charge >= 0.3 is 0 Å². The zero-order valence-corrected chi connectivity index (χ0v) is 9.41. The number of nitrogens with zero attached hydrogens (tertiary/aromatic N) is 2. The first kappa shape index (κ1) is 11.4.